The van der Waals surface area contributed by atoms with Gasteiger partial charge >= 0.3 is 5.97 Å². The van der Waals surface area contributed by atoms with Crippen molar-refractivity contribution in [3.05, 3.63) is 35.9 Å². The Morgan fingerprint density at radius 1 is 1.07 bits per heavy atom. The number of nitrogens with zero attached hydrogens (tertiary/aromatic N) is 2. The molecule has 1 aliphatic carbocycles. The lowest BCUT2D eigenvalue weighted by Crippen LogP contribution is -2.48. The van der Waals surface area contributed by atoms with Crippen molar-refractivity contribution in [3.8, 4) is 0 Å². The molecule has 1 aromatic rings. The van der Waals surface area contributed by atoms with Crippen LogP contribution in [0, 0.1) is 17.8 Å². The van der Waals surface area contributed by atoms with E-state index in [1.165, 1.54) is 25.5 Å². The summed E-state index contributed by atoms with van der Waals surface area (Å²) in [6, 6.07) is 10.4. The molecule has 0 bridgehead atoms. The van der Waals surface area contributed by atoms with Crippen molar-refractivity contribution >= 4 is 11.9 Å². The Balaban J connectivity index is 1.30. The van der Waals surface area contributed by atoms with E-state index in [0.717, 1.165) is 45.3 Å². The highest BCUT2D eigenvalue weighted by Gasteiger charge is 2.48. The van der Waals surface area contributed by atoms with Gasteiger partial charge in [-0.2, -0.15) is 0 Å². The molecule has 3 aliphatic rings. The number of esters is 1. The van der Waals surface area contributed by atoms with Crippen LogP contribution in [0.15, 0.2) is 30.3 Å². The number of benzene rings is 1. The Morgan fingerprint density at radius 2 is 1.82 bits per heavy atom. The van der Waals surface area contributed by atoms with Gasteiger partial charge in [-0.25, -0.2) is 0 Å². The molecule has 0 unspecified atom stereocenters. The molecule has 2 saturated heterocycles. The maximum Gasteiger partial charge on any atom is 0.323 e. The first-order valence-corrected chi connectivity index (χ1v) is 10.8. The summed E-state index contributed by atoms with van der Waals surface area (Å²) in [5.74, 6) is 1.58. The minimum Gasteiger partial charge on any atom is -0.468 e. The largest absolute Gasteiger partial charge is 0.468 e. The number of likely N-dealkylation sites (tertiary alicyclic amines) is 2. The van der Waals surface area contributed by atoms with E-state index in [1.54, 1.807) is 0 Å². The van der Waals surface area contributed by atoms with Gasteiger partial charge in [0.2, 0.25) is 5.91 Å². The summed E-state index contributed by atoms with van der Waals surface area (Å²) < 4.78 is 5.06. The van der Waals surface area contributed by atoms with Gasteiger partial charge in [-0.3, -0.25) is 14.5 Å². The number of piperidine rings is 1. The van der Waals surface area contributed by atoms with Gasteiger partial charge in [-0.15, -0.1) is 0 Å². The fourth-order valence-corrected chi connectivity index (χ4v) is 5.61. The third-order valence-corrected chi connectivity index (χ3v) is 7.10. The van der Waals surface area contributed by atoms with Crippen LogP contribution in [-0.4, -0.2) is 61.0 Å². The van der Waals surface area contributed by atoms with Gasteiger partial charge in [0.25, 0.3) is 0 Å². The molecule has 0 aromatic heterocycles. The van der Waals surface area contributed by atoms with Crippen LogP contribution < -0.4 is 0 Å². The molecular weight excluding hydrogens is 352 g/mol. The fourth-order valence-electron chi connectivity index (χ4n) is 5.61. The predicted octanol–water partition coefficient (Wildman–Crippen LogP) is 2.74. The van der Waals surface area contributed by atoms with Gasteiger partial charge < -0.3 is 9.64 Å². The number of carbonyl (C=O) groups is 2. The van der Waals surface area contributed by atoms with Crippen LogP contribution in [-0.2, 0) is 20.7 Å². The molecule has 0 N–H and O–H groups in total. The highest BCUT2D eigenvalue weighted by Crippen LogP contribution is 2.42. The highest BCUT2D eigenvalue weighted by molar-refractivity contribution is 5.81. The zero-order valence-corrected chi connectivity index (χ0v) is 16.9. The van der Waals surface area contributed by atoms with Crippen LogP contribution in [0.3, 0.4) is 0 Å². The van der Waals surface area contributed by atoms with Crippen molar-refractivity contribution < 1.29 is 14.3 Å². The molecule has 2 aliphatic heterocycles. The Morgan fingerprint density at radius 3 is 2.54 bits per heavy atom. The van der Waals surface area contributed by atoms with Gasteiger partial charge in [-0.1, -0.05) is 36.8 Å². The maximum absolute atomic E-state index is 12.9. The summed E-state index contributed by atoms with van der Waals surface area (Å²) in [6.07, 6.45) is 6.68. The SMILES string of the molecule is COC(=O)[C@@H]1[C@@H]2CCC[C@@H]2CN1CC(=O)N1CCC(Cc2ccccc2)CC1. The second-order valence-corrected chi connectivity index (χ2v) is 8.77. The van der Waals surface area contributed by atoms with Gasteiger partial charge in [0.05, 0.1) is 13.7 Å². The van der Waals surface area contributed by atoms with Crippen LogP contribution in [0.4, 0.5) is 0 Å². The third kappa shape index (κ3) is 4.09. The van der Waals surface area contributed by atoms with Gasteiger partial charge in [0.1, 0.15) is 6.04 Å². The molecule has 1 amide bonds. The van der Waals surface area contributed by atoms with Crippen LogP contribution in [0.25, 0.3) is 0 Å². The number of amides is 1. The monoisotopic (exact) mass is 384 g/mol. The molecule has 3 atom stereocenters. The van der Waals surface area contributed by atoms with Crippen molar-refractivity contribution in [3.63, 3.8) is 0 Å². The summed E-state index contributed by atoms with van der Waals surface area (Å²) in [4.78, 5) is 29.4. The molecule has 1 saturated carbocycles. The van der Waals surface area contributed by atoms with Crippen molar-refractivity contribution in [2.24, 2.45) is 17.8 Å². The van der Waals surface area contributed by atoms with E-state index in [0.29, 0.717) is 24.3 Å². The molecule has 5 nitrogen and oxygen atoms in total. The molecule has 0 radical (unpaired) electrons. The molecule has 0 spiro atoms. The van der Waals surface area contributed by atoms with Crippen molar-refractivity contribution in [1.82, 2.24) is 9.80 Å². The number of hydrogen-bond donors (Lipinski definition) is 0. The van der Waals surface area contributed by atoms with Gasteiger partial charge in [0.15, 0.2) is 0 Å². The molecule has 3 fully saturated rings. The fraction of sp³-hybridized carbons (Fsp3) is 0.652. The molecule has 152 valence electrons. The number of fused-ring (bicyclic) bond motifs is 1. The summed E-state index contributed by atoms with van der Waals surface area (Å²) in [6.45, 7) is 2.89. The average molecular weight is 385 g/mol. The molecule has 1 aromatic carbocycles. The van der Waals surface area contributed by atoms with E-state index < -0.39 is 0 Å². The zero-order valence-electron chi connectivity index (χ0n) is 16.9. The standard InChI is InChI=1S/C23H32N2O3/c1-28-23(27)22-20-9-5-8-19(20)15-25(22)16-21(26)24-12-10-18(11-13-24)14-17-6-3-2-4-7-17/h2-4,6-7,18-20,22H,5,8-16H2,1H3/t19-,20-,22+/m1/s1. The van der Waals surface area contributed by atoms with E-state index in [-0.39, 0.29) is 17.9 Å². The van der Waals surface area contributed by atoms with Crippen molar-refractivity contribution in [2.75, 3.05) is 33.3 Å². The number of ether oxygens (including phenoxy) is 1. The summed E-state index contributed by atoms with van der Waals surface area (Å²) in [7, 11) is 1.46. The quantitative estimate of drug-likeness (QED) is 0.733. The van der Waals surface area contributed by atoms with E-state index in [9.17, 15) is 9.59 Å². The Bertz CT molecular complexity index is 684. The van der Waals surface area contributed by atoms with Crippen LogP contribution in [0.5, 0.6) is 0 Å². The minimum atomic E-state index is -0.225. The Kier molecular flexibility index (Phi) is 6.00. The summed E-state index contributed by atoms with van der Waals surface area (Å²) in [5, 5.41) is 0. The number of methoxy groups -OCH3 is 1. The van der Waals surface area contributed by atoms with Crippen LogP contribution in [0.2, 0.25) is 0 Å². The number of carbonyl (C=O) groups excluding carboxylic acids is 2. The predicted molar refractivity (Wildman–Crippen MR) is 108 cm³/mol. The highest BCUT2D eigenvalue weighted by atomic mass is 16.5. The lowest BCUT2D eigenvalue weighted by atomic mass is 9.90. The van der Waals surface area contributed by atoms with E-state index in [4.69, 9.17) is 4.74 Å². The number of rotatable bonds is 5. The first-order chi connectivity index (χ1) is 13.7. The summed E-state index contributed by atoms with van der Waals surface area (Å²) in [5.41, 5.74) is 1.39. The molecule has 2 heterocycles. The zero-order chi connectivity index (χ0) is 19.5. The van der Waals surface area contributed by atoms with Crippen molar-refractivity contribution in [2.45, 2.75) is 44.6 Å². The summed E-state index contributed by atoms with van der Waals surface area (Å²) >= 11 is 0. The Hall–Kier alpha value is -1.88. The topological polar surface area (TPSA) is 49.9 Å². The molecular formula is C23H32N2O3. The van der Waals surface area contributed by atoms with E-state index >= 15 is 0 Å². The molecule has 28 heavy (non-hydrogen) atoms. The smallest absolute Gasteiger partial charge is 0.323 e. The number of hydrogen-bond acceptors (Lipinski definition) is 4. The first-order valence-electron chi connectivity index (χ1n) is 10.8. The van der Waals surface area contributed by atoms with Crippen LogP contribution in [0.1, 0.15) is 37.7 Å². The Labute approximate surface area is 168 Å². The van der Waals surface area contributed by atoms with Gasteiger partial charge in [0, 0.05) is 19.6 Å². The van der Waals surface area contributed by atoms with E-state index in [2.05, 4.69) is 35.2 Å². The van der Waals surface area contributed by atoms with Crippen molar-refractivity contribution in [1.29, 1.82) is 0 Å². The van der Waals surface area contributed by atoms with Crippen LogP contribution >= 0.6 is 0 Å². The molecule has 5 heteroatoms. The van der Waals surface area contributed by atoms with E-state index in [1.807, 2.05) is 4.90 Å². The third-order valence-electron chi connectivity index (χ3n) is 7.10. The lowest BCUT2D eigenvalue weighted by molar-refractivity contribution is -0.148. The maximum atomic E-state index is 12.9. The second-order valence-electron chi connectivity index (χ2n) is 8.77. The minimum absolute atomic E-state index is 0.163. The average Bonchev–Trinajstić information content (AvgIpc) is 3.29. The normalized spacial score (nSPS) is 28.3. The lowest BCUT2D eigenvalue weighted by Gasteiger charge is -2.34. The first kappa shape index (κ1) is 19.4. The molecule has 4 rings (SSSR count). The van der Waals surface area contributed by atoms with Gasteiger partial charge in [-0.05, 0) is 55.4 Å². The second kappa shape index (κ2) is 8.64.